The van der Waals surface area contributed by atoms with Crippen molar-refractivity contribution in [3.05, 3.63) is 58.8 Å². The second-order valence-corrected chi connectivity index (χ2v) is 6.86. The lowest BCUT2D eigenvalue weighted by atomic mass is 10.3. The van der Waals surface area contributed by atoms with E-state index in [0.29, 0.717) is 10.5 Å². The summed E-state index contributed by atoms with van der Waals surface area (Å²) in [5.74, 6) is 0. The number of hydrogen-bond donors (Lipinski definition) is 0. The number of aryl methyl sites for hydroxylation is 1. The van der Waals surface area contributed by atoms with Gasteiger partial charge in [0.1, 0.15) is 0 Å². The van der Waals surface area contributed by atoms with Crippen molar-refractivity contribution in [3.63, 3.8) is 0 Å². The molecule has 0 saturated carbocycles. The highest BCUT2D eigenvalue weighted by Gasteiger charge is 2.20. The van der Waals surface area contributed by atoms with E-state index in [1.54, 1.807) is 41.7 Å². The Kier molecular flexibility index (Phi) is 3.68. The first-order chi connectivity index (χ1) is 8.55. The maximum absolute atomic E-state index is 12.3. The van der Waals surface area contributed by atoms with Crippen LogP contribution >= 0.6 is 11.3 Å². The minimum absolute atomic E-state index is 0.171. The summed E-state index contributed by atoms with van der Waals surface area (Å²) in [5, 5.41) is 1.85. The van der Waals surface area contributed by atoms with Gasteiger partial charge in [-0.15, -0.1) is 11.3 Å². The first-order valence-corrected chi connectivity index (χ1v) is 7.99. The van der Waals surface area contributed by atoms with Crippen LogP contribution in [0.1, 0.15) is 17.4 Å². The highest BCUT2D eigenvalue weighted by molar-refractivity contribution is 8.00. The molecular weight excluding hydrogens is 264 g/mol. The molecule has 0 fully saturated rings. The Bertz CT molecular complexity index is 652. The van der Waals surface area contributed by atoms with Crippen LogP contribution in [0.2, 0.25) is 0 Å². The summed E-state index contributed by atoms with van der Waals surface area (Å²) in [6.07, 6.45) is 0.906. The molecule has 2 nitrogen and oxygen atoms in total. The van der Waals surface area contributed by atoms with Gasteiger partial charge in [-0.3, -0.25) is 0 Å². The molecule has 0 saturated heterocycles. The van der Waals surface area contributed by atoms with Gasteiger partial charge >= 0.3 is 0 Å². The lowest BCUT2D eigenvalue weighted by molar-refractivity contribution is 0.606. The lowest BCUT2D eigenvalue weighted by Gasteiger charge is -2.05. The zero-order valence-electron chi connectivity index (χ0n) is 10.1. The van der Waals surface area contributed by atoms with Gasteiger partial charge < -0.3 is 0 Å². The molecule has 2 aromatic rings. The molecule has 0 aliphatic rings. The maximum Gasteiger partial charge on any atom is 0.206 e. The highest BCUT2D eigenvalue weighted by atomic mass is 32.2. The Balaban J connectivity index is 2.40. The highest BCUT2D eigenvalue weighted by Crippen LogP contribution is 2.29. The van der Waals surface area contributed by atoms with Crippen molar-refractivity contribution >= 4 is 26.1 Å². The van der Waals surface area contributed by atoms with Crippen LogP contribution in [0, 0.1) is 0 Å². The van der Waals surface area contributed by atoms with Crippen LogP contribution in [-0.2, 0) is 16.3 Å². The van der Waals surface area contributed by atoms with Gasteiger partial charge in [-0.1, -0.05) is 31.7 Å². The van der Waals surface area contributed by atoms with Crippen LogP contribution in [-0.4, -0.2) is 8.42 Å². The van der Waals surface area contributed by atoms with Gasteiger partial charge in [-0.25, -0.2) is 8.42 Å². The second-order valence-electron chi connectivity index (χ2n) is 3.89. The molecule has 1 heterocycles. The van der Waals surface area contributed by atoms with Gasteiger partial charge in [0.2, 0.25) is 9.84 Å². The summed E-state index contributed by atoms with van der Waals surface area (Å²) in [6, 6.07) is 10.3. The van der Waals surface area contributed by atoms with Crippen LogP contribution in [0.4, 0.5) is 0 Å². The number of thiophene rings is 1. The summed E-state index contributed by atoms with van der Waals surface area (Å²) in [5.41, 5.74) is 0.695. The van der Waals surface area contributed by atoms with Crippen molar-refractivity contribution < 1.29 is 8.42 Å². The Labute approximate surface area is 112 Å². The second kappa shape index (κ2) is 5.08. The maximum atomic E-state index is 12.3. The predicted molar refractivity (Wildman–Crippen MR) is 76.4 cm³/mol. The molecule has 0 radical (unpaired) electrons. The molecule has 94 valence electrons. The predicted octanol–water partition coefficient (Wildman–Crippen LogP) is 3.76. The smallest absolute Gasteiger partial charge is 0.206 e. The average Bonchev–Trinajstić information content (AvgIpc) is 2.87. The van der Waals surface area contributed by atoms with E-state index in [1.807, 2.05) is 18.4 Å². The third-order valence-corrected chi connectivity index (χ3v) is 5.56. The average molecular weight is 278 g/mol. The van der Waals surface area contributed by atoms with E-state index in [9.17, 15) is 8.42 Å². The summed E-state index contributed by atoms with van der Waals surface area (Å²) in [6.45, 7) is 5.79. The van der Waals surface area contributed by atoms with Crippen molar-refractivity contribution in [2.75, 3.05) is 0 Å². The number of hydrogen-bond acceptors (Lipinski definition) is 3. The number of benzene rings is 1. The SMILES string of the molecule is C=C(c1csc(CC)c1)S(=O)(=O)c1ccccc1. The molecule has 0 aliphatic heterocycles. The molecule has 0 amide bonds. The van der Waals surface area contributed by atoms with Crippen LogP contribution in [0.3, 0.4) is 0 Å². The summed E-state index contributed by atoms with van der Waals surface area (Å²) in [4.78, 5) is 1.62. The van der Waals surface area contributed by atoms with Gasteiger partial charge in [0.25, 0.3) is 0 Å². The van der Waals surface area contributed by atoms with Crippen molar-refractivity contribution in [3.8, 4) is 0 Å². The first-order valence-electron chi connectivity index (χ1n) is 5.62. The van der Waals surface area contributed by atoms with Gasteiger partial charge in [0, 0.05) is 10.4 Å². The largest absolute Gasteiger partial charge is 0.219 e. The molecule has 0 spiro atoms. The standard InChI is InChI=1S/C14H14O2S2/c1-3-13-9-12(10-17-13)11(2)18(15,16)14-7-5-4-6-8-14/h4-10H,2-3H2,1H3. The normalized spacial score (nSPS) is 11.4. The van der Waals surface area contributed by atoms with Crippen molar-refractivity contribution in [2.24, 2.45) is 0 Å². The Morgan fingerprint density at radius 3 is 2.50 bits per heavy atom. The van der Waals surface area contributed by atoms with Crippen LogP contribution in [0.5, 0.6) is 0 Å². The molecule has 4 heteroatoms. The number of rotatable bonds is 4. The Morgan fingerprint density at radius 1 is 1.28 bits per heavy atom. The fraction of sp³-hybridized carbons (Fsp3) is 0.143. The minimum Gasteiger partial charge on any atom is -0.219 e. The van der Waals surface area contributed by atoms with Gasteiger partial charge in [-0.2, -0.15) is 0 Å². The van der Waals surface area contributed by atoms with Gasteiger partial charge in [0.15, 0.2) is 0 Å². The summed E-state index contributed by atoms with van der Waals surface area (Å²) in [7, 11) is -3.47. The van der Waals surface area contributed by atoms with Crippen LogP contribution in [0.15, 0.2) is 53.3 Å². The molecule has 1 aromatic heterocycles. The molecule has 0 N–H and O–H groups in total. The van der Waals surface area contributed by atoms with E-state index in [0.717, 1.165) is 11.3 Å². The lowest BCUT2D eigenvalue weighted by Crippen LogP contribution is -2.02. The first kappa shape index (κ1) is 13.1. The van der Waals surface area contributed by atoms with Crippen LogP contribution in [0.25, 0.3) is 4.91 Å². The van der Waals surface area contributed by atoms with E-state index in [1.165, 1.54) is 0 Å². The molecule has 0 atom stereocenters. The van der Waals surface area contributed by atoms with Gasteiger partial charge in [-0.05, 0) is 30.0 Å². The third-order valence-electron chi connectivity index (χ3n) is 2.70. The fourth-order valence-corrected chi connectivity index (χ4v) is 3.76. The molecule has 0 unspecified atom stereocenters. The van der Waals surface area contributed by atoms with E-state index in [4.69, 9.17) is 0 Å². The topological polar surface area (TPSA) is 34.1 Å². The zero-order chi connectivity index (χ0) is 13.2. The fourth-order valence-electron chi connectivity index (χ4n) is 1.61. The summed E-state index contributed by atoms with van der Waals surface area (Å²) >= 11 is 1.56. The Hall–Kier alpha value is -1.39. The molecule has 0 bridgehead atoms. The van der Waals surface area contributed by atoms with Crippen molar-refractivity contribution in [2.45, 2.75) is 18.2 Å². The van der Waals surface area contributed by atoms with Crippen molar-refractivity contribution in [1.82, 2.24) is 0 Å². The molecular formula is C14H14O2S2. The molecule has 2 rings (SSSR count). The summed E-state index contributed by atoms with van der Waals surface area (Å²) < 4.78 is 24.7. The Morgan fingerprint density at radius 2 is 1.94 bits per heavy atom. The van der Waals surface area contributed by atoms with Crippen LogP contribution < -0.4 is 0 Å². The monoisotopic (exact) mass is 278 g/mol. The molecule has 0 aliphatic carbocycles. The van der Waals surface area contributed by atoms with E-state index in [2.05, 4.69) is 6.58 Å². The van der Waals surface area contributed by atoms with E-state index in [-0.39, 0.29) is 4.91 Å². The third kappa shape index (κ3) is 2.40. The zero-order valence-corrected chi connectivity index (χ0v) is 11.7. The minimum atomic E-state index is -3.47. The molecule has 18 heavy (non-hydrogen) atoms. The quantitative estimate of drug-likeness (QED) is 0.853. The molecule has 1 aromatic carbocycles. The van der Waals surface area contributed by atoms with Crippen molar-refractivity contribution in [1.29, 1.82) is 0 Å². The van der Waals surface area contributed by atoms with Gasteiger partial charge in [0.05, 0.1) is 9.80 Å². The van der Waals surface area contributed by atoms with E-state index >= 15 is 0 Å². The van der Waals surface area contributed by atoms with E-state index < -0.39 is 9.84 Å². The number of sulfone groups is 1.